The van der Waals surface area contributed by atoms with Crippen LogP contribution >= 0.6 is 0 Å². The standard InChI is InChI=1S/C11H24N2O/c1-13(2)9-5-8-12-10-6-3-4-7-11(10)14/h10-12,14H,3-9H2,1-2H3/t10-,11-/m0/s1. The summed E-state index contributed by atoms with van der Waals surface area (Å²) in [4.78, 5) is 2.19. The van der Waals surface area contributed by atoms with Crippen LogP contribution in [0.1, 0.15) is 32.1 Å². The van der Waals surface area contributed by atoms with Gasteiger partial charge in [-0.25, -0.2) is 0 Å². The SMILES string of the molecule is CN(C)CCCN[C@H]1CCCC[C@@H]1O. The lowest BCUT2D eigenvalue weighted by Crippen LogP contribution is -2.42. The zero-order valence-electron chi connectivity index (χ0n) is 9.50. The molecule has 1 aliphatic carbocycles. The van der Waals surface area contributed by atoms with Crippen LogP contribution < -0.4 is 5.32 Å². The van der Waals surface area contributed by atoms with E-state index in [4.69, 9.17) is 0 Å². The van der Waals surface area contributed by atoms with Crippen LogP contribution in [0.4, 0.5) is 0 Å². The molecule has 0 unspecified atom stereocenters. The molecule has 0 amide bonds. The van der Waals surface area contributed by atoms with Crippen molar-refractivity contribution in [3.63, 3.8) is 0 Å². The minimum absolute atomic E-state index is 0.108. The van der Waals surface area contributed by atoms with E-state index in [1.165, 1.54) is 12.8 Å². The summed E-state index contributed by atoms with van der Waals surface area (Å²) in [7, 11) is 4.19. The Morgan fingerprint density at radius 3 is 2.64 bits per heavy atom. The number of rotatable bonds is 5. The van der Waals surface area contributed by atoms with E-state index in [-0.39, 0.29) is 6.10 Å². The van der Waals surface area contributed by atoms with Gasteiger partial charge in [0.1, 0.15) is 0 Å². The second kappa shape index (κ2) is 6.38. The minimum Gasteiger partial charge on any atom is -0.392 e. The maximum atomic E-state index is 9.70. The highest BCUT2D eigenvalue weighted by atomic mass is 16.3. The third-order valence-corrected chi connectivity index (χ3v) is 2.92. The molecule has 3 nitrogen and oxygen atoms in total. The molecule has 3 heteroatoms. The quantitative estimate of drug-likeness (QED) is 0.645. The van der Waals surface area contributed by atoms with Gasteiger partial charge in [0.25, 0.3) is 0 Å². The van der Waals surface area contributed by atoms with Crippen molar-refractivity contribution in [2.45, 2.75) is 44.2 Å². The lowest BCUT2D eigenvalue weighted by Gasteiger charge is -2.28. The molecular formula is C11H24N2O. The highest BCUT2D eigenvalue weighted by molar-refractivity contribution is 4.80. The molecule has 0 heterocycles. The number of aliphatic hydroxyl groups excluding tert-OH is 1. The number of hydrogen-bond donors (Lipinski definition) is 2. The summed E-state index contributed by atoms with van der Waals surface area (Å²) >= 11 is 0. The molecule has 0 bridgehead atoms. The van der Waals surface area contributed by atoms with Crippen molar-refractivity contribution in [1.29, 1.82) is 0 Å². The molecule has 2 N–H and O–H groups in total. The van der Waals surface area contributed by atoms with Crippen LogP contribution in [0.2, 0.25) is 0 Å². The van der Waals surface area contributed by atoms with Gasteiger partial charge in [-0.05, 0) is 46.4 Å². The highest BCUT2D eigenvalue weighted by Gasteiger charge is 2.21. The van der Waals surface area contributed by atoms with E-state index >= 15 is 0 Å². The van der Waals surface area contributed by atoms with Crippen LogP contribution in [0, 0.1) is 0 Å². The maximum Gasteiger partial charge on any atom is 0.0693 e. The van der Waals surface area contributed by atoms with Crippen LogP contribution in [0.3, 0.4) is 0 Å². The molecular weight excluding hydrogens is 176 g/mol. The molecule has 84 valence electrons. The molecule has 0 aromatic rings. The Morgan fingerprint density at radius 2 is 2.00 bits per heavy atom. The van der Waals surface area contributed by atoms with Crippen LogP contribution in [0.5, 0.6) is 0 Å². The second-order valence-corrected chi connectivity index (χ2v) is 4.57. The summed E-state index contributed by atoms with van der Waals surface area (Å²) in [5.74, 6) is 0. The molecule has 0 spiro atoms. The van der Waals surface area contributed by atoms with Gasteiger partial charge in [-0.1, -0.05) is 12.8 Å². The first-order chi connectivity index (χ1) is 6.70. The summed E-state index contributed by atoms with van der Waals surface area (Å²) in [6.07, 6.45) is 5.63. The number of aliphatic hydroxyl groups is 1. The predicted octanol–water partition coefficient (Wildman–Crippen LogP) is 0.831. The maximum absolute atomic E-state index is 9.70. The fourth-order valence-corrected chi connectivity index (χ4v) is 2.03. The Balaban J connectivity index is 2.04. The zero-order valence-corrected chi connectivity index (χ0v) is 9.50. The normalized spacial score (nSPS) is 28.3. The van der Waals surface area contributed by atoms with Crippen LogP contribution in [0.15, 0.2) is 0 Å². The minimum atomic E-state index is -0.108. The summed E-state index contributed by atoms with van der Waals surface area (Å²) in [6, 6.07) is 0.353. The summed E-state index contributed by atoms with van der Waals surface area (Å²) in [6.45, 7) is 2.15. The summed E-state index contributed by atoms with van der Waals surface area (Å²) < 4.78 is 0. The number of nitrogens with one attached hydrogen (secondary N) is 1. The second-order valence-electron chi connectivity index (χ2n) is 4.57. The summed E-state index contributed by atoms with van der Waals surface area (Å²) in [5.41, 5.74) is 0. The Bertz CT molecular complexity index is 150. The van der Waals surface area contributed by atoms with E-state index < -0.39 is 0 Å². The first-order valence-electron chi connectivity index (χ1n) is 5.76. The molecule has 1 saturated carbocycles. The van der Waals surface area contributed by atoms with Crippen LogP contribution in [-0.4, -0.2) is 49.3 Å². The monoisotopic (exact) mass is 200 g/mol. The summed E-state index contributed by atoms with van der Waals surface area (Å²) in [5, 5.41) is 13.2. The Morgan fingerprint density at radius 1 is 1.29 bits per heavy atom. The average Bonchev–Trinajstić information content (AvgIpc) is 2.15. The van der Waals surface area contributed by atoms with E-state index in [0.717, 1.165) is 32.4 Å². The van der Waals surface area contributed by atoms with Crippen molar-refractivity contribution in [3.05, 3.63) is 0 Å². The van der Waals surface area contributed by atoms with E-state index in [9.17, 15) is 5.11 Å². The molecule has 14 heavy (non-hydrogen) atoms. The molecule has 0 aromatic heterocycles. The third kappa shape index (κ3) is 4.40. The van der Waals surface area contributed by atoms with Gasteiger partial charge in [0.15, 0.2) is 0 Å². The predicted molar refractivity (Wildman–Crippen MR) is 59.4 cm³/mol. The van der Waals surface area contributed by atoms with Gasteiger partial charge in [-0.2, -0.15) is 0 Å². The lowest BCUT2D eigenvalue weighted by molar-refractivity contribution is 0.0907. The van der Waals surface area contributed by atoms with Crippen molar-refractivity contribution in [2.75, 3.05) is 27.2 Å². The fourth-order valence-electron chi connectivity index (χ4n) is 2.03. The van der Waals surface area contributed by atoms with Crippen LogP contribution in [-0.2, 0) is 0 Å². The molecule has 0 aliphatic heterocycles. The molecule has 2 atom stereocenters. The largest absolute Gasteiger partial charge is 0.392 e. The van der Waals surface area contributed by atoms with Crippen LogP contribution in [0.25, 0.3) is 0 Å². The van der Waals surface area contributed by atoms with E-state index in [1.807, 2.05) is 0 Å². The highest BCUT2D eigenvalue weighted by Crippen LogP contribution is 2.18. The fraction of sp³-hybridized carbons (Fsp3) is 1.00. The van der Waals surface area contributed by atoms with Crippen molar-refractivity contribution in [1.82, 2.24) is 10.2 Å². The average molecular weight is 200 g/mol. The third-order valence-electron chi connectivity index (χ3n) is 2.92. The lowest BCUT2D eigenvalue weighted by atomic mass is 9.92. The van der Waals surface area contributed by atoms with Gasteiger partial charge in [0, 0.05) is 6.04 Å². The molecule has 0 aromatic carbocycles. The van der Waals surface area contributed by atoms with E-state index in [0.29, 0.717) is 6.04 Å². The molecule has 1 aliphatic rings. The zero-order chi connectivity index (χ0) is 10.4. The molecule has 1 rings (SSSR count). The van der Waals surface area contributed by atoms with Crippen molar-refractivity contribution in [2.24, 2.45) is 0 Å². The van der Waals surface area contributed by atoms with Crippen molar-refractivity contribution >= 4 is 0 Å². The van der Waals surface area contributed by atoms with Crippen molar-refractivity contribution < 1.29 is 5.11 Å². The van der Waals surface area contributed by atoms with Gasteiger partial charge in [-0.15, -0.1) is 0 Å². The van der Waals surface area contributed by atoms with Gasteiger partial charge in [0.2, 0.25) is 0 Å². The smallest absolute Gasteiger partial charge is 0.0693 e. The first kappa shape index (κ1) is 12.0. The van der Waals surface area contributed by atoms with Gasteiger partial charge in [0.05, 0.1) is 6.10 Å². The molecule has 0 saturated heterocycles. The first-order valence-corrected chi connectivity index (χ1v) is 5.76. The van der Waals surface area contributed by atoms with E-state index in [2.05, 4.69) is 24.3 Å². The Labute approximate surface area is 87.5 Å². The molecule has 0 radical (unpaired) electrons. The Kier molecular flexibility index (Phi) is 5.45. The van der Waals surface area contributed by atoms with Gasteiger partial charge in [-0.3, -0.25) is 0 Å². The Hall–Kier alpha value is -0.120. The van der Waals surface area contributed by atoms with Gasteiger partial charge < -0.3 is 15.3 Å². The van der Waals surface area contributed by atoms with Gasteiger partial charge >= 0.3 is 0 Å². The topological polar surface area (TPSA) is 35.5 Å². The number of hydrogen-bond acceptors (Lipinski definition) is 3. The molecule has 1 fully saturated rings. The van der Waals surface area contributed by atoms with Crippen molar-refractivity contribution in [3.8, 4) is 0 Å². The number of nitrogens with zero attached hydrogens (tertiary/aromatic N) is 1. The van der Waals surface area contributed by atoms with E-state index in [1.54, 1.807) is 0 Å².